The quantitative estimate of drug-likeness (QED) is 0.151. The van der Waals surface area contributed by atoms with E-state index >= 15 is 0 Å². The van der Waals surface area contributed by atoms with Crippen molar-refractivity contribution in [3.05, 3.63) is 307 Å². The first-order chi connectivity index (χ1) is 54.0. The van der Waals surface area contributed by atoms with Gasteiger partial charge in [0.25, 0.3) is 0 Å². The second-order valence-electron chi connectivity index (χ2n) is 36.2. The maximum atomic E-state index is 4.74. The third-order valence-electron chi connectivity index (χ3n) is 29.3. The Bertz CT molecular complexity index is 4850. The highest BCUT2D eigenvalue weighted by Crippen LogP contribution is 2.57. The number of hydrogen-bond acceptors (Lipinski definition) is 5. The van der Waals surface area contributed by atoms with Crippen molar-refractivity contribution >= 4 is 21.7 Å². The second kappa shape index (κ2) is 35.1. The van der Waals surface area contributed by atoms with Gasteiger partial charge in [-0.2, -0.15) is 0 Å². The lowest BCUT2D eigenvalue weighted by atomic mass is 9.87. The summed E-state index contributed by atoms with van der Waals surface area (Å²) < 4.78 is 0. The second-order valence-corrected chi connectivity index (χ2v) is 36.2. The third-order valence-corrected chi connectivity index (χ3v) is 29.3. The Hall–Kier alpha value is -8.41. The predicted molar refractivity (Wildman–Crippen MR) is 474 cm³/mol. The van der Waals surface area contributed by atoms with Crippen LogP contribution in [0.4, 0.5) is 0 Å². The van der Waals surface area contributed by atoms with Gasteiger partial charge in [-0.05, 0) is 476 Å². The lowest BCUT2D eigenvalue weighted by Crippen LogP contribution is -2.08. The zero-order valence-electron chi connectivity index (χ0n) is 71.9. The number of pyridine rings is 5. The van der Waals surface area contributed by atoms with Gasteiger partial charge in [0, 0.05) is 70.0 Å². The summed E-state index contributed by atoms with van der Waals surface area (Å²) in [4.78, 5) is 22.8. The van der Waals surface area contributed by atoms with Crippen LogP contribution in [0.1, 0.15) is 342 Å². The summed E-state index contributed by atoms with van der Waals surface area (Å²) >= 11 is 0. The highest BCUT2D eigenvalue weighted by Gasteiger charge is 2.41. The molecule has 112 heavy (non-hydrogen) atoms. The minimum Gasteiger partial charge on any atom is -0.261 e. The first-order valence-corrected chi connectivity index (χ1v) is 43.9. The van der Waals surface area contributed by atoms with Crippen molar-refractivity contribution in [1.82, 2.24) is 24.9 Å². The molecule has 22 rings (SSSR count). The Kier molecular flexibility index (Phi) is 25.2. The average molecular weight is 1490 g/mol. The standard InChI is InChI=1S/2C13H16.2C12H15N.C12H16.C12H12.C11H15N.C11H11N.C11H15N/c1-8-3-6-12-10-4-5-11(7-10)13(12)9(8)2;1-8-5-12-10-3-4-11(7-10)13(12)6-9(8)2;1-7-6-13-12-10-4-3-9(5-10)11(12)8(7)2;1-7-5-11-9-3-4-10(6-9)12(11)13-8(7)2;2*1-9-7-8-11-5-3-4-6-12(11)10(9)2;2*1-8-7-12-11-6-4-3-5-10(11)9(8)2;1-8-7-10-5-3-4-6-11(10)12-9(8)2/h3,6,10-11H,4-5,7H2,1-2H3;5-6,10-11H,3-4,7H2,1-2H3;6,9-10H,3-5H2,1-2H3;5,9-10H,3-4,6H2,1-2H3;7-8H,3-6H2,1-2H3;3-8H,1-2H3;7H,3-6H2,1-2H3;3-7H,1-2H3;7H,3-6H2,1-2H3. The van der Waals surface area contributed by atoms with Crippen LogP contribution in [0.15, 0.2) is 128 Å². The number of fused-ring (bicyclic) bond motifs is 25. The van der Waals surface area contributed by atoms with Crippen LogP contribution >= 0.6 is 0 Å². The molecule has 6 aromatic carbocycles. The van der Waals surface area contributed by atoms with Crippen LogP contribution in [0, 0.1) is 125 Å². The van der Waals surface area contributed by atoms with Gasteiger partial charge in [-0.1, -0.05) is 103 Å². The molecule has 0 aliphatic heterocycles. The van der Waals surface area contributed by atoms with Crippen molar-refractivity contribution in [1.29, 1.82) is 0 Å². The molecule has 5 nitrogen and oxygen atoms in total. The minimum atomic E-state index is 0.805. The van der Waals surface area contributed by atoms with Crippen molar-refractivity contribution in [2.24, 2.45) is 0 Å². The number of para-hydroxylation sites is 1. The van der Waals surface area contributed by atoms with E-state index in [4.69, 9.17) is 4.98 Å². The van der Waals surface area contributed by atoms with Crippen molar-refractivity contribution in [2.45, 2.75) is 326 Å². The monoisotopic (exact) mass is 1490 g/mol. The molecule has 5 heterocycles. The van der Waals surface area contributed by atoms with Gasteiger partial charge < -0.3 is 0 Å². The van der Waals surface area contributed by atoms with Crippen molar-refractivity contribution < 1.29 is 0 Å². The Morgan fingerprint density at radius 3 is 1.44 bits per heavy atom. The summed E-state index contributed by atoms with van der Waals surface area (Å²) in [6.07, 6.45) is 38.6. The van der Waals surface area contributed by atoms with Crippen LogP contribution in [0.3, 0.4) is 0 Å². The molecule has 5 aromatic heterocycles. The van der Waals surface area contributed by atoms with Gasteiger partial charge >= 0.3 is 0 Å². The molecule has 8 atom stereocenters. The molecule has 11 aliphatic rings. The maximum Gasteiger partial charge on any atom is 0.0704 e. The van der Waals surface area contributed by atoms with Gasteiger partial charge in [0.05, 0.1) is 5.52 Å². The van der Waals surface area contributed by atoms with E-state index in [0.717, 1.165) is 52.9 Å². The molecule has 11 aromatic rings. The SMILES string of the molecule is Cc1cc2c(cc1C)C1CCC2C1.Cc1cc2c(nc1C)C1CCC2C1.Cc1cc2c(nc1C)CCCC2.Cc1ccc2c(c1C)C1CCC2C1.Cc1ccc2c(c1C)CCCC2.Cc1ccc2ccccc2c1C.Cc1cnc2c(c1C)C1CCC2C1.Cc1cnc2c(c1C)CCCC2.Cc1cnc2ccccc2c1C. The van der Waals surface area contributed by atoms with E-state index in [-0.39, 0.29) is 0 Å². The number of rotatable bonds is 0. The number of aryl methyl sites for hydroxylation is 18. The van der Waals surface area contributed by atoms with Crippen LogP contribution < -0.4 is 0 Å². The van der Waals surface area contributed by atoms with E-state index in [1.54, 1.807) is 50.1 Å². The molecule has 4 fully saturated rings. The zero-order valence-corrected chi connectivity index (χ0v) is 71.9. The molecule has 0 radical (unpaired) electrons. The van der Waals surface area contributed by atoms with Crippen LogP contribution in [0.25, 0.3) is 21.7 Å². The van der Waals surface area contributed by atoms with E-state index in [1.807, 2.05) is 24.5 Å². The topological polar surface area (TPSA) is 64.5 Å². The predicted octanol–water partition coefficient (Wildman–Crippen LogP) is 28.1. The number of hydrogen-bond donors (Lipinski definition) is 0. The number of aromatic nitrogens is 5. The van der Waals surface area contributed by atoms with Crippen LogP contribution in [0.2, 0.25) is 0 Å². The molecular weight excluding hydrogens is 1360 g/mol. The van der Waals surface area contributed by atoms with E-state index in [2.05, 4.69) is 248 Å². The Labute approximate surface area is 675 Å². The smallest absolute Gasteiger partial charge is 0.0704 e. The summed E-state index contributed by atoms with van der Waals surface area (Å²) in [5, 5.41) is 3.97. The Morgan fingerprint density at radius 1 is 0.268 bits per heavy atom. The van der Waals surface area contributed by atoms with Gasteiger partial charge in [0.1, 0.15) is 0 Å². The molecule has 8 unspecified atom stereocenters. The molecular formula is C107H131N5. The fraction of sp³-hybridized carbons (Fsp3) is 0.467. The van der Waals surface area contributed by atoms with Crippen LogP contribution in [-0.4, -0.2) is 24.9 Å². The largest absolute Gasteiger partial charge is 0.261 e. The number of nitrogens with zero attached hydrogens (tertiary/aromatic N) is 5. The Morgan fingerprint density at radius 2 is 0.714 bits per heavy atom. The van der Waals surface area contributed by atoms with Crippen LogP contribution in [0.5, 0.6) is 0 Å². The van der Waals surface area contributed by atoms with E-state index in [1.165, 1.54) is 299 Å². The summed E-state index contributed by atoms with van der Waals surface area (Å²) in [6, 6.07) is 39.9. The van der Waals surface area contributed by atoms with Crippen LogP contribution in [-0.2, 0) is 38.5 Å². The fourth-order valence-electron chi connectivity index (χ4n) is 21.2. The van der Waals surface area contributed by atoms with Gasteiger partial charge in [0.2, 0.25) is 0 Å². The van der Waals surface area contributed by atoms with E-state index in [9.17, 15) is 0 Å². The van der Waals surface area contributed by atoms with Crippen molar-refractivity contribution in [3.63, 3.8) is 0 Å². The molecule has 0 N–H and O–H groups in total. The van der Waals surface area contributed by atoms with Gasteiger partial charge in [-0.15, -0.1) is 0 Å². The highest BCUT2D eigenvalue weighted by molar-refractivity contribution is 5.86. The van der Waals surface area contributed by atoms with Crippen molar-refractivity contribution in [3.8, 4) is 0 Å². The van der Waals surface area contributed by atoms with E-state index < -0.39 is 0 Å². The number of benzene rings is 6. The Balaban J connectivity index is 0.000000105. The molecule has 4 saturated carbocycles. The first kappa shape index (κ1) is 80.2. The molecule has 5 heteroatoms. The highest BCUT2D eigenvalue weighted by atomic mass is 14.8. The normalized spacial score (nSPS) is 21.0. The average Bonchev–Trinajstić information content (AvgIpc) is 1.66. The fourth-order valence-corrected chi connectivity index (χ4v) is 21.2. The molecule has 584 valence electrons. The van der Waals surface area contributed by atoms with Crippen molar-refractivity contribution in [2.75, 3.05) is 0 Å². The molecule has 0 saturated heterocycles. The molecule has 0 amide bonds. The third kappa shape index (κ3) is 17.2. The summed E-state index contributed by atoms with van der Waals surface area (Å²) in [5.74, 6) is 6.98. The molecule has 0 spiro atoms. The zero-order chi connectivity index (χ0) is 78.8. The maximum absolute atomic E-state index is 4.74. The van der Waals surface area contributed by atoms with Gasteiger partial charge in [-0.25, -0.2) is 0 Å². The van der Waals surface area contributed by atoms with E-state index in [0.29, 0.717) is 0 Å². The summed E-state index contributed by atoms with van der Waals surface area (Å²) in [5.41, 5.74) is 48.0. The molecule has 8 bridgehead atoms. The molecule has 11 aliphatic carbocycles. The lowest BCUT2D eigenvalue weighted by Gasteiger charge is -2.19. The minimum absolute atomic E-state index is 0.805. The van der Waals surface area contributed by atoms with Gasteiger partial charge in [-0.3, -0.25) is 24.9 Å². The first-order valence-electron chi connectivity index (χ1n) is 43.9. The lowest BCUT2D eigenvalue weighted by molar-refractivity contribution is 0.662. The summed E-state index contributed by atoms with van der Waals surface area (Å²) in [6.45, 7) is 39.4. The van der Waals surface area contributed by atoms with Gasteiger partial charge in [0.15, 0.2) is 0 Å². The summed E-state index contributed by atoms with van der Waals surface area (Å²) in [7, 11) is 0.